The van der Waals surface area contributed by atoms with E-state index in [1.165, 1.54) is 15.3 Å². The van der Waals surface area contributed by atoms with E-state index in [1.54, 1.807) is 11.3 Å². The average Bonchev–Trinajstić information content (AvgIpc) is 2.69. The molecule has 0 atom stereocenters. The van der Waals surface area contributed by atoms with Gasteiger partial charge in [0.05, 0.1) is 13.0 Å². The zero-order valence-electron chi connectivity index (χ0n) is 11.2. The van der Waals surface area contributed by atoms with Crippen LogP contribution >= 0.6 is 11.3 Å². The summed E-state index contributed by atoms with van der Waals surface area (Å²) in [6.45, 7) is 4.77. The Morgan fingerprint density at radius 1 is 1.32 bits per heavy atom. The molecule has 1 heterocycles. The number of hydrogen-bond acceptors (Lipinski definition) is 3. The summed E-state index contributed by atoms with van der Waals surface area (Å²) < 4.78 is 0. The van der Waals surface area contributed by atoms with Crippen molar-refractivity contribution < 1.29 is 4.79 Å². The second-order valence-electron chi connectivity index (χ2n) is 4.60. The summed E-state index contributed by atoms with van der Waals surface area (Å²) in [6.07, 6.45) is 0.329. The summed E-state index contributed by atoms with van der Waals surface area (Å²) in [5.74, 6) is 0.00149. The number of hydrogen-bond donors (Lipinski definition) is 2. The lowest BCUT2D eigenvalue weighted by molar-refractivity contribution is -0.120. The van der Waals surface area contributed by atoms with Crippen LogP contribution in [-0.4, -0.2) is 5.91 Å². The molecule has 3 nitrogen and oxygen atoms in total. The van der Waals surface area contributed by atoms with Gasteiger partial charge in [0.25, 0.3) is 0 Å². The molecule has 2 aromatic rings. The Morgan fingerprint density at radius 3 is 2.68 bits per heavy atom. The van der Waals surface area contributed by atoms with Crippen LogP contribution in [0, 0.1) is 13.8 Å². The third-order valence-electron chi connectivity index (χ3n) is 3.08. The first-order valence-corrected chi connectivity index (χ1v) is 7.04. The van der Waals surface area contributed by atoms with Gasteiger partial charge in [-0.15, -0.1) is 11.3 Å². The van der Waals surface area contributed by atoms with Crippen LogP contribution < -0.4 is 11.1 Å². The second kappa shape index (κ2) is 5.89. The number of para-hydroxylation sites is 1. The van der Waals surface area contributed by atoms with E-state index in [1.807, 2.05) is 24.3 Å². The molecule has 2 rings (SSSR count). The Kier molecular flexibility index (Phi) is 4.22. The van der Waals surface area contributed by atoms with E-state index >= 15 is 0 Å². The Labute approximate surface area is 117 Å². The summed E-state index contributed by atoms with van der Waals surface area (Å²) in [6, 6.07) is 9.58. The lowest BCUT2D eigenvalue weighted by atomic mass is 10.1. The van der Waals surface area contributed by atoms with E-state index in [2.05, 4.69) is 25.2 Å². The predicted octanol–water partition coefficient (Wildman–Crippen LogP) is 2.81. The summed E-state index contributed by atoms with van der Waals surface area (Å²) in [7, 11) is 0. The molecular formula is C15H18N2OS. The highest BCUT2D eigenvalue weighted by Gasteiger charge is 2.07. The van der Waals surface area contributed by atoms with Crippen LogP contribution in [0.5, 0.6) is 0 Å². The van der Waals surface area contributed by atoms with Crippen LogP contribution in [0.25, 0.3) is 0 Å². The fourth-order valence-electron chi connectivity index (χ4n) is 1.85. The standard InChI is InChI=1S/C15H18N2OS/c1-10-7-13(19-11(10)2)9-17-15(18)8-12-5-3-4-6-14(12)16/h3-7H,8-9,16H2,1-2H3,(H,17,18). The van der Waals surface area contributed by atoms with E-state index < -0.39 is 0 Å². The van der Waals surface area contributed by atoms with Gasteiger partial charge in [0.15, 0.2) is 0 Å². The van der Waals surface area contributed by atoms with E-state index in [9.17, 15) is 4.79 Å². The van der Waals surface area contributed by atoms with Crippen molar-refractivity contribution in [3.05, 3.63) is 51.2 Å². The zero-order valence-corrected chi connectivity index (χ0v) is 12.0. The van der Waals surface area contributed by atoms with E-state index in [4.69, 9.17) is 5.73 Å². The molecule has 0 fully saturated rings. The highest BCUT2D eigenvalue weighted by Crippen LogP contribution is 2.20. The lowest BCUT2D eigenvalue weighted by Crippen LogP contribution is -2.24. The molecule has 1 aromatic carbocycles. The molecule has 4 heteroatoms. The molecule has 100 valence electrons. The monoisotopic (exact) mass is 274 g/mol. The lowest BCUT2D eigenvalue weighted by Gasteiger charge is -2.06. The molecule has 0 aliphatic rings. The Morgan fingerprint density at radius 2 is 2.05 bits per heavy atom. The molecule has 19 heavy (non-hydrogen) atoms. The van der Waals surface area contributed by atoms with Gasteiger partial charge in [0, 0.05) is 15.4 Å². The van der Waals surface area contributed by atoms with Gasteiger partial charge in [-0.2, -0.15) is 0 Å². The summed E-state index contributed by atoms with van der Waals surface area (Å²) in [5.41, 5.74) is 8.64. The number of benzene rings is 1. The number of nitrogens with two attached hydrogens (primary N) is 1. The number of nitrogen functional groups attached to an aromatic ring is 1. The van der Waals surface area contributed by atoms with E-state index in [0.717, 1.165) is 5.56 Å². The van der Waals surface area contributed by atoms with Crippen LogP contribution in [-0.2, 0) is 17.8 Å². The van der Waals surface area contributed by atoms with Gasteiger partial charge in [-0.25, -0.2) is 0 Å². The molecular weight excluding hydrogens is 256 g/mol. The topological polar surface area (TPSA) is 55.1 Å². The molecule has 1 amide bonds. The number of carbonyl (C=O) groups excluding carboxylic acids is 1. The van der Waals surface area contributed by atoms with Crippen LogP contribution in [0.1, 0.15) is 20.9 Å². The molecule has 0 saturated carbocycles. The van der Waals surface area contributed by atoms with Crippen LogP contribution in [0.4, 0.5) is 5.69 Å². The molecule has 0 radical (unpaired) electrons. The normalized spacial score (nSPS) is 10.4. The van der Waals surface area contributed by atoms with Crippen molar-refractivity contribution in [1.82, 2.24) is 5.32 Å². The molecule has 3 N–H and O–H groups in total. The maximum atomic E-state index is 11.9. The maximum absolute atomic E-state index is 11.9. The van der Waals surface area contributed by atoms with Crippen LogP contribution in [0.2, 0.25) is 0 Å². The molecule has 0 unspecified atom stereocenters. The number of anilines is 1. The third kappa shape index (κ3) is 3.58. The summed E-state index contributed by atoms with van der Waals surface area (Å²) >= 11 is 1.73. The number of nitrogens with one attached hydrogen (secondary N) is 1. The molecule has 0 spiro atoms. The highest BCUT2D eigenvalue weighted by molar-refractivity contribution is 7.12. The van der Waals surface area contributed by atoms with E-state index in [-0.39, 0.29) is 5.91 Å². The van der Waals surface area contributed by atoms with Gasteiger partial charge >= 0.3 is 0 Å². The molecule has 0 saturated heterocycles. The number of rotatable bonds is 4. The van der Waals surface area contributed by atoms with Crippen molar-refractivity contribution in [3.8, 4) is 0 Å². The Hall–Kier alpha value is -1.81. The molecule has 0 aliphatic carbocycles. The number of thiophene rings is 1. The minimum absolute atomic E-state index is 0.00149. The SMILES string of the molecule is Cc1cc(CNC(=O)Cc2ccccc2N)sc1C. The minimum Gasteiger partial charge on any atom is -0.398 e. The number of carbonyl (C=O) groups is 1. The van der Waals surface area contributed by atoms with Crippen molar-refractivity contribution in [2.24, 2.45) is 0 Å². The minimum atomic E-state index is 0.00149. The average molecular weight is 274 g/mol. The van der Waals surface area contributed by atoms with Gasteiger partial charge in [-0.05, 0) is 37.1 Å². The number of aryl methyl sites for hydroxylation is 2. The smallest absolute Gasteiger partial charge is 0.224 e. The van der Waals surface area contributed by atoms with Crippen molar-refractivity contribution in [2.75, 3.05) is 5.73 Å². The molecule has 1 aromatic heterocycles. The molecule has 0 bridgehead atoms. The largest absolute Gasteiger partial charge is 0.398 e. The fourth-order valence-corrected chi connectivity index (χ4v) is 2.85. The first-order valence-electron chi connectivity index (χ1n) is 6.22. The van der Waals surface area contributed by atoms with Crippen molar-refractivity contribution >= 4 is 22.9 Å². The quantitative estimate of drug-likeness (QED) is 0.842. The second-order valence-corrected chi connectivity index (χ2v) is 5.95. The van der Waals surface area contributed by atoms with Crippen molar-refractivity contribution in [2.45, 2.75) is 26.8 Å². The first kappa shape index (κ1) is 13.6. The van der Waals surface area contributed by atoms with Crippen LogP contribution in [0.15, 0.2) is 30.3 Å². The first-order chi connectivity index (χ1) is 9.06. The summed E-state index contributed by atoms with van der Waals surface area (Å²) in [4.78, 5) is 14.4. The molecule has 0 aliphatic heterocycles. The van der Waals surface area contributed by atoms with Gasteiger partial charge < -0.3 is 11.1 Å². The van der Waals surface area contributed by atoms with Gasteiger partial charge in [-0.1, -0.05) is 18.2 Å². The Balaban J connectivity index is 1.90. The van der Waals surface area contributed by atoms with E-state index in [0.29, 0.717) is 18.7 Å². The zero-order chi connectivity index (χ0) is 13.8. The Bertz CT molecular complexity index is 570. The van der Waals surface area contributed by atoms with Crippen LogP contribution in [0.3, 0.4) is 0 Å². The van der Waals surface area contributed by atoms with Gasteiger partial charge in [0.1, 0.15) is 0 Å². The van der Waals surface area contributed by atoms with Crippen molar-refractivity contribution in [1.29, 1.82) is 0 Å². The number of amides is 1. The van der Waals surface area contributed by atoms with Gasteiger partial charge in [-0.3, -0.25) is 4.79 Å². The van der Waals surface area contributed by atoms with Crippen molar-refractivity contribution in [3.63, 3.8) is 0 Å². The highest BCUT2D eigenvalue weighted by atomic mass is 32.1. The third-order valence-corrected chi connectivity index (χ3v) is 4.24. The predicted molar refractivity (Wildman–Crippen MR) is 80.2 cm³/mol. The maximum Gasteiger partial charge on any atom is 0.224 e. The summed E-state index contributed by atoms with van der Waals surface area (Å²) in [5, 5.41) is 2.93. The fraction of sp³-hybridized carbons (Fsp3) is 0.267. The van der Waals surface area contributed by atoms with Gasteiger partial charge in [0.2, 0.25) is 5.91 Å².